The Morgan fingerprint density at radius 2 is 1.86 bits per heavy atom. The maximum absolute atomic E-state index is 12.9. The van der Waals surface area contributed by atoms with Crippen LogP contribution in [0, 0.1) is 20.8 Å². The fraction of sp³-hybridized carbons (Fsp3) is 0.435. The van der Waals surface area contributed by atoms with Gasteiger partial charge in [0.1, 0.15) is 5.75 Å². The summed E-state index contributed by atoms with van der Waals surface area (Å²) in [6.07, 6.45) is 0. The van der Waals surface area contributed by atoms with E-state index in [1.807, 2.05) is 19.9 Å². The lowest BCUT2D eigenvalue weighted by atomic mass is 10.1. The molecular weight excluding hydrogens is 386 g/mol. The largest absolute Gasteiger partial charge is 0.495 e. The first-order valence-electron chi connectivity index (χ1n) is 10.1. The van der Waals surface area contributed by atoms with Crippen molar-refractivity contribution in [3.63, 3.8) is 0 Å². The molecule has 2 N–H and O–H groups in total. The van der Waals surface area contributed by atoms with Crippen LogP contribution in [0.2, 0.25) is 5.02 Å². The lowest BCUT2D eigenvalue weighted by Crippen LogP contribution is -3.19. The molecule has 2 aromatic rings. The molecule has 2 aromatic carbocycles. The van der Waals surface area contributed by atoms with Crippen LogP contribution in [0.3, 0.4) is 0 Å². The van der Waals surface area contributed by atoms with Gasteiger partial charge in [0.25, 0.3) is 5.91 Å². The first kappa shape index (κ1) is 21.5. The lowest BCUT2D eigenvalue weighted by molar-refractivity contribution is -0.914. The Hall–Kier alpha value is -2.24. The molecule has 1 fully saturated rings. The highest BCUT2D eigenvalue weighted by molar-refractivity contribution is 6.31. The summed E-state index contributed by atoms with van der Waals surface area (Å²) in [6.45, 7) is 12.0. The van der Waals surface area contributed by atoms with Crippen LogP contribution in [-0.4, -0.2) is 45.2 Å². The molecular formula is C23H31ClN3O2+. The Morgan fingerprint density at radius 1 is 1.17 bits per heavy atom. The minimum absolute atomic E-state index is 0.000193. The highest BCUT2D eigenvalue weighted by Crippen LogP contribution is 2.31. The number of quaternary nitrogens is 1. The SMILES string of the molecule is COc1cc(Cl)c(C)cc1NC(=O)[C@H](C)[NH+]1CCN(c2cccc(C)c2C)CC1. The molecule has 1 atom stereocenters. The van der Waals surface area contributed by atoms with E-state index in [4.69, 9.17) is 16.3 Å². The first-order valence-corrected chi connectivity index (χ1v) is 10.5. The third kappa shape index (κ3) is 4.68. The van der Waals surface area contributed by atoms with E-state index in [1.165, 1.54) is 21.7 Å². The van der Waals surface area contributed by atoms with Gasteiger partial charge in [0.05, 0.1) is 39.0 Å². The zero-order chi connectivity index (χ0) is 21.1. The van der Waals surface area contributed by atoms with Crippen LogP contribution < -0.4 is 19.9 Å². The molecule has 0 aliphatic carbocycles. The molecule has 3 rings (SSSR count). The summed E-state index contributed by atoms with van der Waals surface area (Å²) in [5.74, 6) is 0.580. The van der Waals surface area contributed by atoms with Crippen LogP contribution in [0.4, 0.5) is 11.4 Å². The zero-order valence-corrected chi connectivity index (χ0v) is 18.7. The number of rotatable bonds is 5. The van der Waals surface area contributed by atoms with Gasteiger partial charge in [-0.2, -0.15) is 0 Å². The van der Waals surface area contributed by atoms with Crippen LogP contribution in [0.5, 0.6) is 5.75 Å². The monoisotopic (exact) mass is 416 g/mol. The minimum atomic E-state index is -0.142. The molecule has 1 aliphatic rings. The van der Waals surface area contributed by atoms with E-state index in [2.05, 4.69) is 42.3 Å². The normalized spacial score (nSPS) is 15.9. The summed E-state index contributed by atoms with van der Waals surface area (Å²) >= 11 is 6.17. The molecule has 156 valence electrons. The van der Waals surface area contributed by atoms with E-state index in [1.54, 1.807) is 13.2 Å². The van der Waals surface area contributed by atoms with Crippen LogP contribution in [0.15, 0.2) is 30.3 Å². The Bertz CT molecular complexity index is 892. The number of hydrogen-bond acceptors (Lipinski definition) is 3. The smallest absolute Gasteiger partial charge is 0.282 e. The van der Waals surface area contributed by atoms with Gasteiger partial charge in [-0.05, 0) is 56.5 Å². The summed E-state index contributed by atoms with van der Waals surface area (Å²) in [4.78, 5) is 16.6. The second-order valence-corrected chi connectivity index (χ2v) is 8.28. The highest BCUT2D eigenvalue weighted by atomic mass is 35.5. The Morgan fingerprint density at radius 3 is 2.52 bits per heavy atom. The number of piperazine rings is 1. The average Bonchev–Trinajstić information content (AvgIpc) is 2.72. The van der Waals surface area contributed by atoms with Crippen molar-refractivity contribution in [1.82, 2.24) is 0 Å². The van der Waals surface area contributed by atoms with Crippen molar-refractivity contribution in [3.05, 3.63) is 52.0 Å². The van der Waals surface area contributed by atoms with E-state index >= 15 is 0 Å². The number of halogens is 1. The van der Waals surface area contributed by atoms with Gasteiger partial charge in [0, 0.05) is 16.8 Å². The molecule has 1 heterocycles. The van der Waals surface area contributed by atoms with Crippen molar-refractivity contribution in [1.29, 1.82) is 0 Å². The number of anilines is 2. The van der Waals surface area contributed by atoms with Crippen molar-refractivity contribution in [2.24, 2.45) is 0 Å². The summed E-state index contributed by atoms with van der Waals surface area (Å²) in [5.41, 5.74) is 5.54. The van der Waals surface area contributed by atoms with E-state index in [0.717, 1.165) is 31.7 Å². The van der Waals surface area contributed by atoms with Crippen LogP contribution in [-0.2, 0) is 4.79 Å². The predicted molar refractivity (Wildman–Crippen MR) is 120 cm³/mol. The number of carbonyl (C=O) groups excluding carboxylic acids is 1. The summed E-state index contributed by atoms with van der Waals surface area (Å²) in [5, 5.41) is 3.66. The first-order chi connectivity index (χ1) is 13.8. The third-order valence-corrected chi connectivity index (χ3v) is 6.47. The standard InChI is InChI=1S/C23H30ClN3O2/c1-15-7-6-8-21(17(15)3)27-11-9-26(10-12-27)18(4)23(28)25-20-13-16(2)19(24)14-22(20)29-5/h6-8,13-14,18H,9-12H2,1-5H3,(H,25,28)/p+1/t18-/m0/s1. The minimum Gasteiger partial charge on any atom is -0.495 e. The fourth-order valence-electron chi connectivity index (χ4n) is 3.90. The number of amides is 1. The number of aryl methyl sites for hydroxylation is 2. The van der Waals surface area contributed by atoms with Gasteiger partial charge < -0.3 is 19.9 Å². The summed E-state index contributed by atoms with van der Waals surface area (Å²) in [7, 11) is 1.58. The van der Waals surface area contributed by atoms with Crippen molar-refractivity contribution < 1.29 is 14.4 Å². The number of hydrogen-bond donors (Lipinski definition) is 2. The second-order valence-electron chi connectivity index (χ2n) is 7.88. The van der Waals surface area contributed by atoms with Crippen LogP contribution in [0.1, 0.15) is 23.6 Å². The van der Waals surface area contributed by atoms with Crippen molar-refractivity contribution in [2.75, 3.05) is 43.5 Å². The van der Waals surface area contributed by atoms with E-state index in [-0.39, 0.29) is 11.9 Å². The van der Waals surface area contributed by atoms with Crippen molar-refractivity contribution in [3.8, 4) is 5.75 Å². The maximum Gasteiger partial charge on any atom is 0.282 e. The van der Waals surface area contributed by atoms with Gasteiger partial charge in [-0.15, -0.1) is 0 Å². The average molecular weight is 417 g/mol. The molecule has 1 amide bonds. The molecule has 0 saturated carbocycles. The van der Waals surface area contributed by atoms with Crippen LogP contribution >= 0.6 is 11.6 Å². The zero-order valence-electron chi connectivity index (χ0n) is 17.9. The van der Waals surface area contributed by atoms with Crippen LogP contribution in [0.25, 0.3) is 0 Å². The summed E-state index contributed by atoms with van der Waals surface area (Å²) in [6, 6.07) is 9.93. The Labute approximate surface area is 178 Å². The lowest BCUT2D eigenvalue weighted by Gasteiger charge is -2.36. The Kier molecular flexibility index (Phi) is 6.70. The molecule has 5 nitrogen and oxygen atoms in total. The van der Waals surface area contributed by atoms with Gasteiger partial charge in [0.15, 0.2) is 6.04 Å². The molecule has 1 saturated heterocycles. The van der Waals surface area contributed by atoms with E-state index in [0.29, 0.717) is 16.5 Å². The number of nitrogens with zero attached hydrogens (tertiary/aromatic N) is 1. The third-order valence-electron chi connectivity index (χ3n) is 6.07. The quantitative estimate of drug-likeness (QED) is 0.787. The van der Waals surface area contributed by atoms with Crippen molar-refractivity contribution in [2.45, 2.75) is 33.7 Å². The van der Waals surface area contributed by atoms with Gasteiger partial charge in [-0.3, -0.25) is 4.79 Å². The van der Waals surface area contributed by atoms with Gasteiger partial charge in [-0.25, -0.2) is 0 Å². The van der Waals surface area contributed by atoms with E-state index in [9.17, 15) is 4.79 Å². The molecule has 0 spiro atoms. The molecule has 0 radical (unpaired) electrons. The van der Waals surface area contributed by atoms with Crippen molar-refractivity contribution >= 4 is 28.9 Å². The van der Waals surface area contributed by atoms with Gasteiger partial charge >= 0.3 is 0 Å². The molecule has 6 heteroatoms. The topological polar surface area (TPSA) is 46.0 Å². The molecule has 29 heavy (non-hydrogen) atoms. The Balaban J connectivity index is 1.63. The number of carbonyl (C=O) groups is 1. The predicted octanol–water partition coefficient (Wildman–Crippen LogP) is 3.01. The molecule has 0 unspecified atom stereocenters. The number of ether oxygens (including phenoxy) is 1. The maximum atomic E-state index is 12.9. The fourth-order valence-corrected chi connectivity index (χ4v) is 4.06. The summed E-state index contributed by atoms with van der Waals surface area (Å²) < 4.78 is 5.38. The van der Waals surface area contributed by atoms with Gasteiger partial charge in [0.2, 0.25) is 0 Å². The number of nitrogens with one attached hydrogen (secondary N) is 2. The second kappa shape index (κ2) is 9.06. The molecule has 1 aliphatic heterocycles. The number of benzene rings is 2. The highest BCUT2D eigenvalue weighted by Gasteiger charge is 2.30. The van der Waals surface area contributed by atoms with E-state index < -0.39 is 0 Å². The number of methoxy groups -OCH3 is 1. The molecule has 0 bridgehead atoms. The molecule has 0 aromatic heterocycles. The van der Waals surface area contributed by atoms with Gasteiger partial charge in [-0.1, -0.05) is 23.7 Å².